The molecule has 0 aromatic carbocycles. The summed E-state index contributed by atoms with van der Waals surface area (Å²) >= 11 is 0. The molecule has 1 fully saturated rings. The van der Waals surface area contributed by atoms with E-state index in [1.54, 1.807) is 20.8 Å². The quantitative estimate of drug-likeness (QED) is 0.714. The van der Waals surface area contributed by atoms with Crippen molar-refractivity contribution in [2.75, 3.05) is 6.54 Å². The number of hydrogen-bond acceptors (Lipinski definition) is 4. The standard InChI is InChI=1S/C11H19NO5/c1-10(2,3)17-9(16)12-6-5-7(13)11(12,4)8(14)15/h7,13H,5-6H2,1-4H3,(H,14,15)/t7-,11+/m1/s1. The highest BCUT2D eigenvalue weighted by Crippen LogP contribution is 2.31. The second-order valence-electron chi connectivity index (χ2n) is 5.39. The van der Waals surface area contributed by atoms with Gasteiger partial charge in [0, 0.05) is 6.54 Å². The van der Waals surface area contributed by atoms with Crippen LogP contribution in [-0.4, -0.2) is 51.0 Å². The third-order valence-electron chi connectivity index (χ3n) is 2.88. The van der Waals surface area contributed by atoms with Gasteiger partial charge in [0.15, 0.2) is 5.54 Å². The van der Waals surface area contributed by atoms with E-state index in [4.69, 9.17) is 9.84 Å². The highest BCUT2D eigenvalue weighted by atomic mass is 16.6. The summed E-state index contributed by atoms with van der Waals surface area (Å²) in [6.07, 6.45) is -1.55. The summed E-state index contributed by atoms with van der Waals surface area (Å²) in [4.78, 5) is 24.1. The molecular formula is C11H19NO5. The van der Waals surface area contributed by atoms with Crippen LogP contribution in [0, 0.1) is 0 Å². The van der Waals surface area contributed by atoms with Gasteiger partial charge in [0.1, 0.15) is 5.60 Å². The second-order valence-corrected chi connectivity index (χ2v) is 5.39. The molecule has 2 N–H and O–H groups in total. The van der Waals surface area contributed by atoms with Crippen molar-refractivity contribution in [3.63, 3.8) is 0 Å². The molecule has 0 spiro atoms. The number of aliphatic hydroxyl groups excluding tert-OH is 1. The van der Waals surface area contributed by atoms with E-state index in [1.165, 1.54) is 6.92 Å². The van der Waals surface area contributed by atoms with Gasteiger partial charge >= 0.3 is 12.1 Å². The second kappa shape index (κ2) is 4.18. The Morgan fingerprint density at radius 3 is 2.35 bits per heavy atom. The highest BCUT2D eigenvalue weighted by Gasteiger charge is 2.53. The maximum absolute atomic E-state index is 11.9. The number of aliphatic hydroxyl groups is 1. The number of carbonyl (C=O) groups is 2. The molecule has 1 heterocycles. The number of carboxylic acids is 1. The molecule has 2 atom stereocenters. The van der Waals surface area contributed by atoms with Crippen molar-refractivity contribution >= 4 is 12.1 Å². The minimum absolute atomic E-state index is 0.179. The average Bonchev–Trinajstić information content (AvgIpc) is 2.42. The molecule has 6 heteroatoms. The van der Waals surface area contributed by atoms with Gasteiger partial charge in [-0.1, -0.05) is 0 Å². The zero-order valence-corrected chi connectivity index (χ0v) is 10.6. The minimum Gasteiger partial charge on any atom is -0.479 e. The molecule has 1 aliphatic heterocycles. The predicted molar refractivity (Wildman–Crippen MR) is 59.6 cm³/mol. The molecule has 98 valence electrons. The fraction of sp³-hybridized carbons (Fsp3) is 0.818. The van der Waals surface area contributed by atoms with Crippen LogP contribution in [0.1, 0.15) is 34.1 Å². The third kappa shape index (κ3) is 2.52. The lowest BCUT2D eigenvalue weighted by molar-refractivity contribution is -0.153. The van der Waals surface area contributed by atoms with Gasteiger partial charge in [-0.05, 0) is 34.1 Å². The normalized spacial score (nSPS) is 29.2. The van der Waals surface area contributed by atoms with Crippen LogP contribution in [0.3, 0.4) is 0 Å². The van der Waals surface area contributed by atoms with Gasteiger partial charge < -0.3 is 14.9 Å². The smallest absolute Gasteiger partial charge is 0.411 e. The molecule has 0 aromatic heterocycles. The van der Waals surface area contributed by atoms with Crippen molar-refractivity contribution in [3.05, 3.63) is 0 Å². The van der Waals surface area contributed by atoms with Crippen LogP contribution in [0.15, 0.2) is 0 Å². The molecule has 1 saturated heterocycles. The van der Waals surface area contributed by atoms with E-state index in [2.05, 4.69) is 0 Å². The first-order valence-corrected chi connectivity index (χ1v) is 5.51. The minimum atomic E-state index is -1.61. The van der Waals surface area contributed by atoms with Crippen LogP contribution in [-0.2, 0) is 9.53 Å². The topological polar surface area (TPSA) is 87.1 Å². The van der Waals surface area contributed by atoms with Gasteiger partial charge in [-0.3, -0.25) is 4.90 Å². The monoisotopic (exact) mass is 245 g/mol. The molecule has 0 radical (unpaired) electrons. The Morgan fingerprint density at radius 1 is 1.41 bits per heavy atom. The van der Waals surface area contributed by atoms with E-state index in [0.717, 1.165) is 4.90 Å². The molecule has 1 aliphatic rings. The lowest BCUT2D eigenvalue weighted by Crippen LogP contribution is -2.57. The molecule has 17 heavy (non-hydrogen) atoms. The van der Waals surface area contributed by atoms with E-state index in [-0.39, 0.29) is 13.0 Å². The largest absolute Gasteiger partial charge is 0.479 e. The number of aliphatic carboxylic acids is 1. The van der Waals surface area contributed by atoms with Gasteiger partial charge in [0.25, 0.3) is 0 Å². The lowest BCUT2D eigenvalue weighted by atomic mass is 9.96. The SMILES string of the molecule is CC(C)(C)OC(=O)N1CC[C@@H](O)[C@@]1(C)C(=O)O. The summed E-state index contributed by atoms with van der Waals surface area (Å²) in [5.41, 5.74) is -2.30. The molecule has 0 aromatic rings. The zero-order valence-electron chi connectivity index (χ0n) is 10.6. The van der Waals surface area contributed by atoms with Crippen molar-refractivity contribution in [1.29, 1.82) is 0 Å². The van der Waals surface area contributed by atoms with Crippen LogP contribution in [0.25, 0.3) is 0 Å². The van der Waals surface area contributed by atoms with Crippen molar-refractivity contribution in [1.82, 2.24) is 4.90 Å². The number of carbonyl (C=O) groups excluding carboxylic acids is 1. The summed E-state index contributed by atoms with van der Waals surface area (Å²) in [7, 11) is 0. The third-order valence-corrected chi connectivity index (χ3v) is 2.88. The van der Waals surface area contributed by atoms with Gasteiger partial charge in [-0.25, -0.2) is 9.59 Å². The maximum Gasteiger partial charge on any atom is 0.411 e. The van der Waals surface area contributed by atoms with Gasteiger partial charge in [0.05, 0.1) is 6.10 Å². The summed E-state index contributed by atoms with van der Waals surface area (Å²) in [5.74, 6) is -1.23. The Morgan fingerprint density at radius 2 is 1.94 bits per heavy atom. The summed E-state index contributed by atoms with van der Waals surface area (Å²) in [5, 5.41) is 18.9. The maximum atomic E-state index is 11.9. The number of rotatable bonds is 1. The molecule has 1 rings (SSSR count). The van der Waals surface area contributed by atoms with Crippen molar-refractivity contribution in [2.24, 2.45) is 0 Å². The number of carboxylic acid groups (broad SMARTS) is 1. The Labute approximate surface area is 100 Å². The van der Waals surface area contributed by atoms with E-state index < -0.39 is 29.3 Å². The fourth-order valence-corrected chi connectivity index (χ4v) is 1.80. The Hall–Kier alpha value is -1.30. The van der Waals surface area contributed by atoms with Crippen LogP contribution in [0.4, 0.5) is 4.79 Å². The Kier molecular flexibility index (Phi) is 3.38. The summed E-state index contributed by atoms with van der Waals surface area (Å²) < 4.78 is 5.13. The number of nitrogens with zero attached hydrogens (tertiary/aromatic N) is 1. The first kappa shape index (κ1) is 13.8. The zero-order chi connectivity index (χ0) is 13.4. The number of hydrogen-bond donors (Lipinski definition) is 2. The lowest BCUT2D eigenvalue weighted by Gasteiger charge is -2.34. The van der Waals surface area contributed by atoms with E-state index in [0.29, 0.717) is 0 Å². The number of ether oxygens (including phenoxy) is 1. The summed E-state index contributed by atoms with van der Waals surface area (Å²) in [6, 6.07) is 0. The van der Waals surface area contributed by atoms with Crippen molar-refractivity contribution < 1.29 is 24.5 Å². The molecule has 1 amide bonds. The van der Waals surface area contributed by atoms with E-state index >= 15 is 0 Å². The molecule has 0 saturated carbocycles. The predicted octanol–water partition coefficient (Wildman–Crippen LogP) is 0.831. The summed E-state index contributed by atoms with van der Waals surface area (Å²) in [6.45, 7) is 6.62. The van der Waals surface area contributed by atoms with Gasteiger partial charge in [-0.15, -0.1) is 0 Å². The van der Waals surface area contributed by atoms with Crippen LogP contribution in [0.5, 0.6) is 0 Å². The van der Waals surface area contributed by atoms with Crippen molar-refractivity contribution in [2.45, 2.75) is 51.4 Å². The Bertz CT molecular complexity index is 335. The van der Waals surface area contributed by atoms with Gasteiger partial charge in [0.2, 0.25) is 0 Å². The molecule has 6 nitrogen and oxygen atoms in total. The first-order valence-electron chi connectivity index (χ1n) is 5.51. The average molecular weight is 245 g/mol. The number of likely N-dealkylation sites (tertiary alicyclic amines) is 1. The molecule has 0 bridgehead atoms. The Balaban J connectivity index is 2.91. The van der Waals surface area contributed by atoms with E-state index in [9.17, 15) is 14.7 Å². The highest BCUT2D eigenvalue weighted by molar-refractivity contribution is 5.85. The van der Waals surface area contributed by atoms with Crippen LogP contribution in [0.2, 0.25) is 0 Å². The van der Waals surface area contributed by atoms with E-state index in [1.807, 2.05) is 0 Å². The van der Waals surface area contributed by atoms with Crippen LogP contribution < -0.4 is 0 Å². The molecule has 0 aliphatic carbocycles. The first-order chi connectivity index (χ1) is 7.59. The molecule has 0 unspecified atom stereocenters. The van der Waals surface area contributed by atoms with Crippen molar-refractivity contribution in [3.8, 4) is 0 Å². The fourth-order valence-electron chi connectivity index (χ4n) is 1.80. The number of amides is 1. The molecular weight excluding hydrogens is 226 g/mol. The van der Waals surface area contributed by atoms with Gasteiger partial charge in [-0.2, -0.15) is 0 Å². The van der Waals surface area contributed by atoms with Crippen LogP contribution >= 0.6 is 0 Å².